The van der Waals surface area contributed by atoms with Crippen LogP contribution in [0, 0.1) is 6.92 Å². The summed E-state index contributed by atoms with van der Waals surface area (Å²) in [5.74, 6) is 1.08. The van der Waals surface area contributed by atoms with E-state index in [2.05, 4.69) is 5.32 Å². The second-order valence-corrected chi connectivity index (χ2v) is 6.95. The highest BCUT2D eigenvalue weighted by Gasteiger charge is 2.33. The van der Waals surface area contributed by atoms with Gasteiger partial charge in [-0.1, -0.05) is 30.3 Å². The molecule has 0 saturated heterocycles. The number of amides is 2. The van der Waals surface area contributed by atoms with Crippen molar-refractivity contribution in [3.05, 3.63) is 59.7 Å². The van der Waals surface area contributed by atoms with Gasteiger partial charge in [0.1, 0.15) is 18.1 Å². The Kier molecular flexibility index (Phi) is 5.66. The SMILES string of the molecule is Cc1ccccc1OC[C@@H](C)NC(=O)N(Cc1ccc(O)cc1)C1CC1. The number of phenolic OH excluding ortho intramolecular Hbond substituents is 1. The number of rotatable bonds is 7. The van der Waals surface area contributed by atoms with Crippen molar-refractivity contribution in [2.24, 2.45) is 0 Å². The Bertz CT molecular complexity index is 741. The number of ether oxygens (including phenoxy) is 1. The van der Waals surface area contributed by atoms with Crippen molar-refractivity contribution in [1.29, 1.82) is 0 Å². The molecule has 3 rings (SSSR count). The summed E-state index contributed by atoms with van der Waals surface area (Å²) in [6.07, 6.45) is 2.08. The first kappa shape index (κ1) is 18.1. The van der Waals surface area contributed by atoms with Crippen molar-refractivity contribution in [2.45, 2.75) is 45.3 Å². The van der Waals surface area contributed by atoms with E-state index in [4.69, 9.17) is 4.74 Å². The molecule has 0 aliphatic heterocycles. The number of urea groups is 1. The number of carbonyl (C=O) groups is 1. The third kappa shape index (κ3) is 4.91. The highest BCUT2D eigenvalue weighted by atomic mass is 16.5. The van der Waals surface area contributed by atoms with E-state index >= 15 is 0 Å². The number of para-hydroxylation sites is 1. The Morgan fingerprint density at radius 1 is 1.23 bits per heavy atom. The summed E-state index contributed by atoms with van der Waals surface area (Å²) in [5.41, 5.74) is 2.09. The number of benzene rings is 2. The molecular formula is C21H26N2O3. The van der Waals surface area contributed by atoms with Gasteiger partial charge in [0.25, 0.3) is 0 Å². The zero-order chi connectivity index (χ0) is 18.5. The molecule has 2 aromatic rings. The topological polar surface area (TPSA) is 61.8 Å². The fourth-order valence-corrected chi connectivity index (χ4v) is 2.82. The zero-order valence-electron chi connectivity index (χ0n) is 15.3. The zero-order valence-corrected chi connectivity index (χ0v) is 15.3. The molecule has 26 heavy (non-hydrogen) atoms. The standard InChI is InChI=1S/C21H26N2O3/c1-15-5-3-4-6-20(15)26-14-16(2)22-21(25)23(18-9-10-18)13-17-7-11-19(24)12-8-17/h3-8,11-12,16,18,24H,9-10,13-14H2,1-2H3,(H,22,25)/t16-/m1/s1. The maximum atomic E-state index is 12.7. The predicted octanol–water partition coefficient (Wildman–Crippen LogP) is 3.84. The van der Waals surface area contributed by atoms with Crippen molar-refractivity contribution in [3.8, 4) is 11.5 Å². The van der Waals surface area contributed by atoms with Crippen molar-refractivity contribution in [3.63, 3.8) is 0 Å². The van der Waals surface area contributed by atoms with Gasteiger partial charge in [-0.05, 0) is 56.0 Å². The van der Waals surface area contributed by atoms with Crippen LogP contribution in [-0.4, -0.2) is 34.7 Å². The summed E-state index contributed by atoms with van der Waals surface area (Å²) >= 11 is 0. The Labute approximate surface area is 154 Å². The lowest BCUT2D eigenvalue weighted by atomic mass is 10.2. The first-order valence-corrected chi connectivity index (χ1v) is 9.06. The third-order valence-corrected chi connectivity index (χ3v) is 4.49. The molecule has 0 radical (unpaired) electrons. The van der Waals surface area contributed by atoms with Gasteiger partial charge in [0.15, 0.2) is 0 Å². The molecule has 0 unspecified atom stereocenters. The number of hydrogen-bond donors (Lipinski definition) is 2. The number of hydrogen-bond acceptors (Lipinski definition) is 3. The Hall–Kier alpha value is -2.69. The molecule has 0 aromatic heterocycles. The third-order valence-electron chi connectivity index (χ3n) is 4.49. The maximum Gasteiger partial charge on any atom is 0.318 e. The van der Waals surface area contributed by atoms with Gasteiger partial charge in [0.2, 0.25) is 0 Å². The number of phenols is 1. The van der Waals surface area contributed by atoms with Crippen LogP contribution in [0.1, 0.15) is 30.9 Å². The molecule has 1 saturated carbocycles. The second kappa shape index (κ2) is 8.13. The van der Waals surface area contributed by atoms with Crippen LogP contribution in [0.15, 0.2) is 48.5 Å². The van der Waals surface area contributed by atoms with E-state index in [-0.39, 0.29) is 17.8 Å². The van der Waals surface area contributed by atoms with E-state index in [0.29, 0.717) is 19.2 Å². The fourth-order valence-electron chi connectivity index (χ4n) is 2.82. The molecule has 138 valence electrons. The number of aryl methyl sites for hydroxylation is 1. The van der Waals surface area contributed by atoms with Gasteiger partial charge in [-0.3, -0.25) is 0 Å². The summed E-state index contributed by atoms with van der Waals surface area (Å²) in [4.78, 5) is 14.6. The summed E-state index contributed by atoms with van der Waals surface area (Å²) in [5, 5.41) is 12.4. The fraction of sp³-hybridized carbons (Fsp3) is 0.381. The normalized spacial score (nSPS) is 14.5. The molecule has 0 bridgehead atoms. The largest absolute Gasteiger partial charge is 0.508 e. The monoisotopic (exact) mass is 354 g/mol. The lowest BCUT2D eigenvalue weighted by Gasteiger charge is -2.25. The minimum atomic E-state index is -0.0943. The van der Waals surface area contributed by atoms with Crippen LogP contribution in [0.5, 0.6) is 11.5 Å². The van der Waals surface area contributed by atoms with E-state index in [1.165, 1.54) is 0 Å². The summed E-state index contributed by atoms with van der Waals surface area (Å²) in [7, 11) is 0. The molecular weight excluding hydrogens is 328 g/mol. The highest BCUT2D eigenvalue weighted by Crippen LogP contribution is 2.28. The minimum absolute atomic E-state index is 0.0681. The summed E-state index contributed by atoms with van der Waals surface area (Å²) < 4.78 is 5.83. The van der Waals surface area contributed by atoms with Crippen LogP contribution in [0.25, 0.3) is 0 Å². The van der Waals surface area contributed by atoms with Gasteiger partial charge in [-0.15, -0.1) is 0 Å². The number of nitrogens with one attached hydrogen (secondary N) is 1. The highest BCUT2D eigenvalue weighted by molar-refractivity contribution is 5.75. The molecule has 1 aliphatic rings. The second-order valence-electron chi connectivity index (χ2n) is 6.95. The van der Waals surface area contributed by atoms with Crippen LogP contribution >= 0.6 is 0 Å². The average molecular weight is 354 g/mol. The van der Waals surface area contributed by atoms with Gasteiger partial charge < -0.3 is 20.1 Å². The molecule has 2 amide bonds. The molecule has 2 aromatic carbocycles. The van der Waals surface area contributed by atoms with Gasteiger partial charge in [0, 0.05) is 12.6 Å². The number of nitrogens with zero attached hydrogens (tertiary/aromatic N) is 1. The van der Waals surface area contributed by atoms with E-state index in [1.54, 1.807) is 12.1 Å². The van der Waals surface area contributed by atoms with Gasteiger partial charge in [-0.2, -0.15) is 0 Å². The molecule has 0 heterocycles. The molecule has 2 N–H and O–H groups in total. The van der Waals surface area contributed by atoms with Crippen LogP contribution < -0.4 is 10.1 Å². The molecule has 1 atom stereocenters. The Balaban J connectivity index is 1.54. The molecule has 1 fully saturated rings. The van der Waals surface area contributed by atoms with E-state index in [9.17, 15) is 9.90 Å². The van der Waals surface area contributed by atoms with Crippen LogP contribution in [0.4, 0.5) is 4.79 Å². The van der Waals surface area contributed by atoms with Crippen molar-refractivity contribution < 1.29 is 14.6 Å². The van der Waals surface area contributed by atoms with E-state index in [1.807, 2.05) is 55.1 Å². The maximum absolute atomic E-state index is 12.7. The summed E-state index contributed by atoms with van der Waals surface area (Å²) in [6.45, 7) is 4.92. The van der Waals surface area contributed by atoms with E-state index < -0.39 is 0 Å². The average Bonchev–Trinajstić information content (AvgIpc) is 3.45. The van der Waals surface area contributed by atoms with Crippen molar-refractivity contribution in [2.75, 3.05) is 6.61 Å². The Morgan fingerprint density at radius 2 is 1.92 bits per heavy atom. The lowest BCUT2D eigenvalue weighted by molar-refractivity contribution is 0.181. The number of aromatic hydroxyl groups is 1. The summed E-state index contributed by atoms with van der Waals surface area (Å²) in [6, 6.07) is 15.0. The van der Waals surface area contributed by atoms with Crippen molar-refractivity contribution >= 4 is 6.03 Å². The molecule has 1 aliphatic carbocycles. The molecule has 0 spiro atoms. The van der Waals surface area contributed by atoms with Crippen LogP contribution in [0.2, 0.25) is 0 Å². The predicted molar refractivity (Wildman–Crippen MR) is 101 cm³/mol. The van der Waals surface area contributed by atoms with E-state index in [0.717, 1.165) is 29.7 Å². The quantitative estimate of drug-likeness (QED) is 0.794. The molecule has 5 nitrogen and oxygen atoms in total. The first-order chi connectivity index (χ1) is 12.5. The molecule has 5 heteroatoms. The van der Waals surface area contributed by atoms with Gasteiger partial charge in [-0.25, -0.2) is 4.79 Å². The van der Waals surface area contributed by atoms with Gasteiger partial charge >= 0.3 is 6.03 Å². The number of carbonyl (C=O) groups excluding carboxylic acids is 1. The first-order valence-electron chi connectivity index (χ1n) is 9.06. The minimum Gasteiger partial charge on any atom is -0.508 e. The Morgan fingerprint density at radius 3 is 2.58 bits per heavy atom. The van der Waals surface area contributed by atoms with Crippen LogP contribution in [0.3, 0.4) is 0 Å². The lowest BCUT2D eigenvalue weighted by Crippen LogP contribution is -2.46. The van der Waals surface area contributed by atoms with Crippen LogP contribution in [-0.2, 0) is 6.54 Å². The van der Waals surface area contributed by atoms with Gasteiger partial charge in [0.05, 0.1) is 6.04 Å². The van der Waals surface area contributed by atoms with Crippen molar-refractivity contribution in [1.82, 2.24) is 10.2 Å². The smallest absolute Gasteiger partial charge is 0.318 e.